The Kier molecular flexibility index (Phi) is 4.78. The third-order valence-electron chi connectivity index (χ3n) is 2.74. The number of carbonyl (C=O) groups is 1. The predicted octanol–water partition coefficient (Wildman–Crippen LogP) is 2.35. The zero-order chi connectivity index (χ0) is 12.2. The fraction of sp³-hybridized carbons (Fsp3) is 0.923. The molecule has 3 nitrogen and oxygen atoms in total. The molecule has 1 atom stereocenters. The maximum Gasteiger partial charge on any atom is 0.323 e. The van der Waals surface area contributed by atoms with Gasteiger partial charge >= 0.3 is 5.97 Å². The molecule has 0 bridgehead atoms. The molecule has 1 unspecified atom stereocenters. The zero-order valence-electron chi connectivity index (χ0n) is 11.0. The van der Waals surface area contributed by atoms with E-state index in [1.165, 1.54) is 12.8 Å². The number of carbonyl (C=O) groups excluding carboxylic acids is 1. The van der Waals surface area contributed by atoms with Gasteiger partial charge in [-0.1, -0.05) is 20.8 Å². The molecule has 16 heavy (non-hydrogen) atoms. The van der Waals surface area contributed by atoms with Gasteiger partial charge in [0.1, 0.15) is 6.04 Å². The molecule has 0 amide bonds. The molecule has 94 valence electrons. The molecule has 0 aromatic carbocycles. The van der Waals surface area contributed by atoms with Crippen LogP contribution in [0.15, 0.2) is 0 Å². The van der Waals surface area contributed by atoms with E-state index in [4.69, 9.17) is 4.74 Å². The van der Waals surface area contributed by atoms with Gasteiger partial charge in [-0.15, -0.1) is 0 Å². The van der Waals surface area contributed by atoms with Crippen molar-refractivity contribution >= 4 is 5.97 Å². The number of ether oxygens (including phenoxy) is 1. The van der Waals surface area contributed by atoms with Crippen LogP contribution in [-0.2, 0) is 9.53 Å². The molecule has 0 spiro atoms. The molecule has 0 radical (unpaired) electrons. The van der Waals surface area contributed by atoms with Crippen LogP contribution in [0.25, 0.3) is 0 Å². The number of hydrogen-bond acceptors (Lipinski definition) is 3. The standard InChI is InChI=1S/C13H25NO2/c1-5-16-12(15)11(8-13(2,3)4)14-9-10-6-7-10/h10-11,14H,5-9H2,1-4H3. The summed E-state index contributed by atoms with van der Waals surface area (Å²) in [4.78, 5) is 11.8. The minimum atomic E-state index is -0.138. The minimum absolute atomic E-state index is 0.0990. The molecule has 0 heterocycles. The van der Waals surface area contributed by atoms with Crippen molar-refractivity contribution in [2.45, 2.75) is 53.0 Å². The van der Waals surface area contributed by atoms with E-state index in [-0.39, 0.29) is 17.4 Å². The monoisotopic (exact) mass is 227 g/mol. The SMILES string of the molecule is CCOC(=O)C(CC(C)(C)C)NCC1CC1. The number of nitrogens with one attached hydrogen (secondary N) is 1. The largest absolute Gasteiger partial charge is 0.465 e. The highest BCUT2D eigenvalue weighted by atomic mass is 16.5. The summed E-state index contributed by atoms with van der Waals surface area (Å²) in [5.41, 5.74) is 0.147. The molecular formula is C13H25NO2. The van der Waals surface area contributed by atoms with Gasteiger partial charge < -0.3 is 10.1 Å². The Morgan fingerprint density at radius 2 is 2.06 bits per heavy atom. The summed E-state index contributed by atoms with van der Waals surface area (Å²) in [6, 6.07) is -0.138. The highest BCUT2D eigenvalue weighted by Gasteiger charge is 2.28. The van der Waals surface area contributed by atoms with Crippen LogP contribution in [0.2, 0.25) is 0 Å². The van der Waals surface area contributed by atoms with E-state index in [2.05, 4.69) is 26.1 Å². The second-order valence-electron chi connectivity index (χ2n) is 5.92. The van der Waals surface area contributed by atoms with Crippen molar-refractivity contribution in [3.63, 3.8) is 0 Å². The maximum atomic E-state index is 11.8. The summed E-state index contributed by atoms with van der Waals surface area (Å²) in [5.74, 6) is 0.690. The van der Waals surface area contributed by atoms with Crippen LogP contribution in [0.3, 0.4) is 0 Å². The van der Waals surface area contributed by atoms with E-state index in [0.717, 1.165) is 18.9 Å². The summed E-state index contributed by atoms with van der Waals surface area (Å²) >= 11 is 0. The van der Waals surface area contributed by atoms with Crippen molar-refractivity contribution in [3.05, 3.63) is 0 Å². The summed E-state index contributed by atoms with van der Waals surface area (Å²) in [6.45, 7) is 9.73. The lowest BCUT2D eigenvalue weighted by Crippen LogP contribution is -2.41. The van der Waals surface area contributed by atoms with Gasteiger partial charge in [0.05, 0.1) is 6.61 Å². The fourth-order valence-corrected chi connectivity index (χ4v) is 1.72. The van der Waals surface area contributed by atoms with Crippen molar-refractivity contribution < 1.29 is 9.53 Å². The van der Waals surface area contributed by atoms with Crippen LogP contribution in [-0.4, -0.2) is 25.2 Å². The first-order valence-corrected chi connectivity index (χ1v) is 6.32. The van der Waals surface area contributed by atoms with Crippen molar-refractivity contribution in [1.29, 1.82) is 0 Å². The van der Waals surface area contributed by atoms with Crippen LogP contribution in [0.4, 0.5) is 0 Å². The first-order chi connectivity index (χ1) is 7.42. The van der Waals surface area contributed by atoms with E-state index in [1.54, 1.807) is 0 Å². The number of hydrogen-bond donors (Lipinski definition) is 1. The lowest BCUT2D eigenvalue weighted by Gasteiger charge is -2.25. The Hall–Kier alpha value is -0.570. The van der Waals surface area contributed by atoms with Gasteiger partial charge in [-0.05, 0) is 44.1 Å². The number of rotatable bonds is 6. The molecule has 1 fully saturated rings. The van der Waals surface area contributed by atoms with Gasteiger partial charge in [-0.25, -0.2) is 0 Å². The van der Waals surface area contributed by atoms with E-state index in [0.29, 0.717) is 6.61 Å². The molecule has 1 aliphatic rings. The molecule has 0 aromatic heterocycles. The summed E-state index contributed by atoms with van der Waals surface area (Å²) in [5, 5.41) is 3.35. The van der Waals surface area contributed by atoms with Gasteiger partial charge in [-0.3, -0.25) is 4.79 Å². The molecule has 1 aliphatic carbocycles. The maximum absolute atomic E-state index is 11.8. The van der Waals surface area contributed by atoms with Gasteiger partial charge in [0.25, 0.3) is 0 Å². The summed E-state index contributed by atoms with van der Waals surface area (Å²) in [6.07, 6.45) is 3.44. The Labute approximate surface area is 98.9 Å². The Balaban J connectivity index is 2.41. The quantitative estimate of drug-likeness (QED) is 0.708. The van der Waals surface area contributed by atoms with E-state index in [9.17, 15) is 4.79 Å². The Morgan fingerprint density at radius 3 is 2.50 bits per heavy atom. The third kappa shape index (κ3) is 5.50. The van der Waals surface area contributed by atoms with Crippen molar-refractivity contribution in [1.82, 2.24) is 5.32 Å². The molecule has 0 aliphatic heterocycles. The van der Waals surface area contributed by atoms with Crippen LogP contribution in [0, 0.1) is 11.3 Å². The molecule has 0 saturated heterocycles. The lowest BCUT2D eigenvalue weighted by molar-refractivity contribution is -0.146. The fourth-order valence-electron chi connectivity index (χ4n) is 1.72. The average molecular weight is 227 g/mol. The van der Waals surface area contributed by atoms with Crippen LogP contribution < -0.4 is 5.32 Å². The third-order valence-corrected chi connectivity index (χ3v) is 2.74. The molecule has 1 N–H and O–H groups in total. The lowest BCUT2D eigenvalue weighted by atomic mass is 9.88. The van der Waals surface area contributed by atoms with Gasteiger partial charge in [-0.2, -0.15) is 0 Å². The predicted molar refractivity (Wildman–Crippen MR) is 65.2 cm³/mol. The first-order valence-electron chi connectivity index (χ1n) is 6.32. The van der Waals surface area contributed by atoms with Crippen molar-refractivity contribution in [2.75, 3.05) is 13.2 Å². The average Bonchev–Trinajstić information content (AvgIpc) is 2.94. The first kappa shape index (κ1) is 13.5. The van der Waals surface area contributed by atoms with Gasteiger partial charge in [0.2, 0.25) is 0 Å². The van der Waals surface area contributed by atoms with Crippen LogP contribution in [0.5, 0.6) is 0 Å². The van der Waals surface area contributed by atoms with Crippen LogP contribution in [0.1, 0.15) is 47.0 Å². The minimum Gasteiger partial charge on any atom is -0.465 e. The summed E-state index contributed by atoms with van der Waals surface area (Å²) < 4.78 is 5.10. The smallest absolute Gasteiger partial charge is 0.323 e. The Morgan fingerprint density at radius 1 is 1.44 bits per heavy atom. The molecule has 3 heteroatoms. The summed E-state index contributed by atoms with van der Waals surface area (Å²) in [7, 11) is 0. The molecule has 1 saturated carbocycles. The highest BCUT2D eigenvalue weighted by Crippen LogP contribution is 2.28. The van der Waals surface area contributed by atoms with E-state index >= 15 is 0 Å². The van der Waals surface area contributed by atoms with Crippen LogP contribution >= 0.6 is 0 Å². The van der Waals surface area contributed by atoms with E-state index < -0.39 is 0 Å². The molecular weight excluding hydrogens is 202 g/mol. The second-order valence-corrected chi connectivity index (χ2v) is 5.92. The highest BCUT2D eigenvalue weighted by molar-refractivity contribution is 5.75. The second kappa shape index (κ2) is 5.67. The normalized spacial score (nSPS) is 18.2. The van der Waals surface area contributed by atoms with Gasteiger partial charge in [0, 0.05) is 0 Å². The van der Waals surface area contributed by atoms with Crippen molar-refractivity contribution in [3.8, 4) is 0 Å². The molecule has 1 rings (SSSR count). The molecule has 0 aromatic rings. The zero-order valence-corrected chi connectivity index (χ0v) is 11.0. The Bertz CT molecular complexity index is 229. The topological polar surface area (TPSA) is 38.3 Å². The van der Waals surface area contributed by atoms with Gasteiger partial charge in [0.15, 0.2) is 0 Å². The van der Waals surface area contributed by atoms with Crippen molar-refractivity contribution in [2.24, 2.45) is 11.3 Å². The van der Waals surface area contributed by atoms with E-state index in [1.807, 2.05) is 6.92 Å². The number of esters is 1.